The van der Waals surface area contributed by atoms with Gasteiger partial charge in [-0.2, -0.15) is 0 Å². The molecule has 0 aromatic rings. The third kappa shape index (κ3) is 5.70. The summed E-state index contributed by atoms with van der Waals surface area (Å²) in [7, 11) is 0. The molecule has 17 heavy (non-hydrogen) atoms. The van der Waals surface area contributed by atoms with Crippen LogP contribution in [-0.4, -0.2) is 24.6 Å². The van der Waals surface area contributed by atoms with Crippen LogP contribution in [0, 0.1) is 0 Å². The Morgan fingerprint density at radius 2 is 1.47 bits per heavy atom. The first kappa shape index (κ1) is 15.2. The van der Waals surface area contributed by atoms with Crippen molar-refractivity contribution in [2.24, 2.45) is 0 Å². The van der Waals surface area contributed by atoms with E-state index in [-0.39, 0.29) is 17.8 Å². The topological polar surface area (TPSA) is 52.6 Å². The molecule has 0 bridgehead atoms. The van der Waals surface area contributed by atoms with Crippen molar-refractivity contribution in [1.29, 1.82) is 0 Å². The Bertz CT molecular complexity index is 366. The highest BCUT2D eigenvalue weighted by Gasteiger charge is 2.18. The van der Waals surface area contributed by atoms with Gasteiger partial charge in [0, 0.05) is 11.1 Å². The van der Waals surface area contributed by atoms with Crippen LogP contribution in [0.4, 0.5) is 0 Å². The summed E-state index contributed by atoms with van der Waals surface area (Å²) in [4.78, 5) is 22.5. The second kappa shape index (κ2) is 6.68. The monoisotopic (exact) mass is 238 g/mol. The highest BCUT2D eigenvalue weighted by Crippen LogP contribution is 2.08. The minimum Gasteiger partial charge on any atom is -0.458 e. The van der Waals surface area contributed by atoms with Crippen LogP contribution >= 0.6 is 0 Å². The molecule has 0 saturated carbocycles. The van der Waals surface area contributed by atoms with Gasteiger partial charge >= 0.3 is 11.9 Å². The minimum absolute atomic E-state index is 0.0694. The van der Waals surface area contributed by atoms with E-state index in [0.717, 1.165) is 0 Å². The predicted molar refractivity (Wildman–Crippen MR) is 65.3 cm³/mol. The quantitative estimate of drug-likeness (QED) is 0.404. The SMILES string of the molecule is C=C(C)C(=O)OCC(OC(=O)C(=C)C)C(=C)C. The molecule has 0 saturated heterocycles. The number of rotatable bonds is 6. The van der Waals surface area contributed by atoms with Crippen LogP contribution < -0.4 is 0 Å². The Balaban J connectivity index is 4.41. The molecule has 1 atom stereocenters. The van der Waals surface area contributed by atoms with E-state index in [9.17, 15) is 9.59 Å². The summed E-state index contributed by atoms with van der Waals surface area (Å²) in [6.07, 6.45) is -0.664. The maximum Gasteiger partial charge on any atom is 0.333 e. The molecule has 0 rings (SSSR count). The van der Waals surface area contributed by atoms with Crippen molar-refractivity contribution in [3.05, 3.63) is 36.5 Å². The van der Waals surface area contributed by atoms with Crippen molar-refractivity contribution in [3.63, 3.8) is 0 Å². The summed E-state index contributed by atoms with van der Waals surface area (Å²) in [5, 5.41) is 0. The maximum atomic E-state index is 11.3. The lowest BCUT2D eigenvalue weighted by atomic mass is 10.2. The number of carbonyl (C=O) groups excluding carboxylic acids is 2. The van der Waals surface area contributed by atoms with Gasteiger partial charge in [-0.1, -0.05) is 19.7 Å². The van der Waals surface area contributed by atoms with Crippen molar-refractivity contribution in [3.8, 4) is 0 Å². The highest BCUT2D eigenvalue weighted by molar-refractivity contribution is 5.88. The summed E-state index contributed by atoms with van der Waals surface area (Å²) in [5.74, 6) is -1.06. The molecule has 94 valence electrons. The fourth-order valence-electron chi connectivity index (χ4n) is 0.781. The Hall–Kier alpha value is -1.84. The van der Waals surface area contributed by atoms with Crippen molar-refractivity contribution >= 4 is 11.9 Å². The predicted octanol–water partition coefficient (Wildman–Crippen LogP) is 2.17. The molecule has 0 N–H and O–H groups in total. The molecule has 0 fully saturated rings. The molecular weight excluding hydrogens is 220 g/mol. The molecule has 0 amide bonds. The molecule has 0 aromatic carbocycles. The number of ether oxygens (including phenoxy) is 2. The smallest absolute Gasteiger partial charge is 0.333 e. The van der Waals surface area contributed by atoms with Crippen molar-refractivity contribution in [1.82, 2.24) is 0 Å². The fraction of sp³-hybridized carbons (Fsp3) is 0.385. The van der Waals surface area contributed by atoms with Gasteiger partial charge in [0.1, 0.15) is 6.61 Å². The van der Waals surface area contributed by atoms with Gasteiger partial charge in [0.25, 0.3) is 0 Å². The first-order valence-electron chi connectivity index (χ1n) is 5.10. The minimum atomic E-state index is -0.664. The highest BCUT2D eigenvalue weighted by atomic mass is 16.6. The summed E-state index contributed by atoms with van der Waals surface area (Å²) >= 11 is 0. The first-order chi connectivity index (χ1) is 7.75. The van der Waals surface area contributed by atoms with E-state index in [4.69, 9.17) is 9.47 Å². The van der Waals surface area contributed by atoms with Crippen LogP contribution in [0.25, 0.3) is 0 Å². The third-order valence-corrected chi connectivity index (χ3v) is 1.86. The maximum absolute atomic E-state index is 11.3. The second-order valence-electron chi connectivity index (χ2n) is 3.90. The number of hydrogen-bond acceptors (Lipinski definition) is 4. The van der Waals surface area contributed by atoms with Crippen LogP contribution in [0.15, 0.2) is 36.5 Å². The van der Waals surface area contributed by atoms with E-state index >= 15 is 0 Å². The van der Waals surface area contributed by atoms with Gasteiger partial charge in [0.05, 0.1) is 0 Å². The van der Waals surface area contributed by atoms with Gasteiger partial charge in [0.2, 0.25) is 0 Å². The lowest BCUT2D eigenvalue weighted by Gasteiger charge is -2.18. The molecule has 4 nitrogen and oxygen atoms in total. The Morgan fingerprint density at radius 1 is 1.00 bits per heavy atom. The van der Waals surface area contributed by atoms with Crippen LogP contribution in [0.5, 0.6) is 0 Å². The lowest BCUT2D eigenvalue weighted by Crippen LogP contribution is -2.26. The van der Waals surface area contributed by atoms with Gasteiger partial charge in [-0.3, -0.25) is 0 Å². The zero-order valence-electron chi connectivity index (χ0n) is 10.5. The molecule has 0 aliphatic carbocycles. The van der Waals surface area contributed by atoms with Crippen LogP contribution in [0.3, 0.4) is 0 Å². The van der Waals surface area contributed by atoms with E-state index in [0.29, 0.717) is 5.57 Å². The van der Waals surface area contributed by atoms with Crippen LogP contribution in [0.1, 0.15) is 20.8 Å². The third-order valence-electron chi connectivity index (χ3n) is 1.86. The average Bonchev–Trinajstić information content (AvgIpc) is 2.22. The molecular formula is C13H18O4. The summed E-state index contributed by atoms with van der Waals surface area (Å²) in [6.45, 7) is 15.3. The van der Waals surface area contributed by atoms with Gasteiger partial charge in [-0.05, 0) is 26.3 Å². The van der Waals surface area contributed by atoms with E-state index in [1.165, 1.54) is 13.8 Å². The van der Waals surface area contributed by atoms with E-state index < -0.39 is 18.0 Å². The van der Waals surface area contributed by atoms with E-state index in [2.05, 4.69) is 19.7 Å². The molecule has 0 spiro atoms. The zero-order valence-corrected chi connectivity index (χ0v) is 10.5. The van der Waals surface area contributed by atoms with Crippen LogP contribution in [0.2, 0.25) is 0 Å². The molecule has 0 heterocycles. The molecule has 0 aliphatic rings. The number of carbonyl (C=O) groups is 2. The Labute approximate surface area is 102 Å². The van der Waals surface area contributed by atoms with Crippen molar-refractivity contribution in [2.75, 3.05) is 6.61 Å². The van der Waals surface area contributed by atoms with Gasteiger partial charge in [0.15, 0.2) is 6.10 Å². The van der Waals surface area contributed by atoms with Gasteiger partial charge < -0.3 is 9.47 Å². The first-order valence-corrected chi connectivity index (χ1v) is 5.10. The Kier molecular flexibility index (Phi) is 5.96. The van der Waals surface area contributed by atoms with E-state index in [1.807, 2.05) is 0 Å². The summed E-state index contributed by atoms with van der Waals surface area (Å²) < 4.78 is 9.96. The molecule has 0 aliphatic heterocycles. The largest absolute Gasteiger partial charge is 0.458 e. The lowest BCUT2D eigenvalue weighted by molar-refractivity contribution is -0.151. The van der Waals surface area contributed by atoms with Gasteiger partial charge in [-0.25, -0.2) is 9.59 Å². The molecule has 0 radical (unpaired) electrons. The molecule has 0 aromatic heterocycles. The number of esters is 2. The Morgan fingerprint density at radius 3 is 1.82 bits per heavy atom. The standard InChI is InChI=1S/C13H18O4/c1-8(2)11(17-13(15)10(5)6)7-16-12(14)9(3)4/h11H,1,3,5,7H2,2,4,6H3. The average molecular weight is 238 g/mol. The second-order valence-corrected chi connectivity index (χ2v) is 3.90. The van der Waals surface area contributed by atoms with Crippen molar-refractivity contribution < 1.29 is 19.1 Å². The van der Waals surface area contributed by atoms with Gasteiger partial charge in [-0.15, -0.1) is 0 Å². The van der Waals surface area contributed by atoms with Crippen LogP contribution in [-0.2, 0) is 19.1 Å². The molecule has 4 heteroatoms. The van der Waals surface area contributed by atoms with E-state index in [1.54, 1.807) is 6.92 Å². The van der Waals surface area contributed by atoms with Crippen molar-refractivity contribution in [2.45, 2.75) is 26.9 Å². The molecule has 1 unspecified atom stereocenters. The number of hydrogen-bond donors (Lipinski definition) is 0. The summed E-state index contributed by atoms with van der Waals surface area (Å²) in [5.41, 5.74) is 1.16. The fourth-order valence-corrected chi connectivity index (χ4v) is 0.781. The normalized spacial score (nSPS) is 11.2. The summed E-state index contributed by atoms with van der Waals surface area (Å²) in [6, 6.07) is 0. The zero-order chi connectivity index (χ0) is 13.6.